The van der Waals surface area contributed by atoms with E-state index in [2.05, 4.69) is 31.0 Å². The average Bonchev–Trinajstić information content (AvgIpc) is 2.63. The minimum atomic E-state index is -0.118. The van der Waals surface area contributed by atoms with Crippen LogP contribution in [-0.2, 0) is 14.9 Å². The number of methoxy groups -OCH3 is 1. The molecule has 1 heterocycles. The van der Waals surface area contributed by atoms with E-state index in [1.165, 1.54) is 7.11 Å². The number of hydrogen-bond donors (Lipinski definition) is 0. The molecule has 15 heavy (non-hydrogen) atoms. The quantitative estimate of drug-likeness (QED) is 0.615. The molecule has 0 unspecified atom stereocenters. The lowest BCUT2D eigenvalue weighted by molar-refractivity contribution is -0.149. The van der Waals surface area contributed by atoms with E-state index in [-0.39, 0.29) is 11.9 Å². The summed E-state index contributed by atoms with van der Waals surface area (Å²) in [5, 5.41) is 8.70. The van der Waals surface area contributed by atoms with E-state index < -0.39 is 0 Å². The molecule has 82 valence electrons. The van der Waals surface area contributed by atoms with Gasteiger partial charge < -0.3 is 4.74 Å². The number of aromatic nitrogens is 3. The van der Waals surface area contributed by atoms with Gasteiger partial charge in [-0.3, -0.25) is 4.79 Å². The van der Waals surface area contributed by atoms with Gasteiger partial charge in [0.05, 0.1) is 24.8 Å². The van der Waals surface area contributed by atoms with Crippen LogP contribution in [-0.4, -0.2) is 28.1 Å². The second kappa shape index (κ2) is 4.30. The van der Waals surface area contributed by atoms with Gasteiger partial charge in [-0.05, 0) is 12.8 Å². The van der Waals surface area contributed by atoms with Gasteiger partial charge >= 0.3 is 5.97 Å². The first-order chi connectivity index (χ1) is 7.24. The van der Waals surface area contributed by atoms with Crippen LogP contribution in [0.15, 0.2) is 6.20 Å². The number of hydrogen-bond acceptors (Lipinski definition) is 4. The zero-order chi connectivity index (χ0) is 10.8. The molecule has 1 aliphatic carbocycles. The topological polar surface area (TPSA) is 57.0 Å². The van der Waals surface area contributed by atoms with Crippen molar-refractivity contribution >= 4 is 21.9 Å². The number of rotatable bonds is 3. The molecular formula is C9H12BrN3O2. The van der Waals surface area contributed by atoms with Crippen molar-refractivity contribution in [3.8, 4) is 0 Å². The molecule has 1 aromatic heterocycles. The Morgan fingerprint density at radius 2 is 2.47 bits per heavy atom. The molecule has 1 fully saturated rings. The molecule has 0 atom stereocenters. The Hall–Kier alpha value is -0.910. The summed E-state index contributed by atoms with van der Waals surface area (Å²) < 4.78 is 6.50. The van der Waals surface area contributed by atoms with Crippen LogP contribution in [0.2, 0.25) is 0 Å². The maximum Gasteiger partial charge on any atom is 0.308 e. The molecule has 0 amide bonds. The Labute approximate surface area is 95.9 Å². The highest BCUT2D eigenvalue weighted by Crippen LogP contribution is 2.37. The summed E-state index contributed by atoms with van der Waals surface area (Å²) in [7, 11) is 1.42. The van der Waals surface area contributed by atoms with Crippen LogP contribution in [0.3, 0.4) is 0 Å². The van der Waals surface area contributed by atoms with Crippen molar-refractivity contribution in [2.24, 2.45) is 5.92 Å². The second-order valence-corrected chi connectivity index (χ2v) is 4.23. The van der Waals surface area contributed by atoms with E-state index in [1.807, 2.05) is 10.9 Å². The highest BCUT2D eigenvalue weighted by molar-refractivity contribution is 9.08. The zero-order valence-corrected chi connectivity index (χ0v) is 9.98. The molecular weight excluding hydrogens is 262 g/mol. The van der Waals surface area contributed by atoms with Gasteiger partial charge in [-0.1, -0.05) is 21.1 Å². The number of nitrogens with zero attached hydrogens (tertiary/aromatic N) is 3. The molecule has 6 heteroatoms. The lowest BCUT2D eigenvalue weighted by Gasteiger charge is -2.32. The largest absolute Gasteiger partial charge is 0.469 e. The van der Waals surface area contributed by atoms with Gasteiger partial charge in [-0.2, -0.15) is 0 Å². The third-order valence-corrected chi connectivity index (χ3v) is 3.29. The minimum Gasteiger partial charge on any atom is -0.469 e. The van der Waals surface area contributed by atoms with Crippen LogP contribution >= 0.6 is 15.9 Å². The monoisotopic (exact) mass is 273 g/mol. The number of esters is 1. The van der Waals surface area contributed by atoms with Crippen molar-refractivity contribution in [2.45, 2.75) is 24.2 Å². The molecule has 5 nitrogen and oxygen atoms in total. The average molecular weight is 274 g/mol. The highest BCUT2D eigenvalue weighted by atomic mass is 79.9. The van der Waals surface area contributed by atoms with Gasteiger partial charge in [0.25, 0.3) is 0 Å². The lowest BCUT2D eigenvalue weighted by Crippen LogP contribution is -2.33. The van der Waals surface area contributed by atoms with E-state index >= 15 is 0 Å². The van der Waals surface area contributed by atoms with Crippen molar-refractivity contribution in [1.82, 2.24) is 15.0 Å². The summed E-state index contributed by atoms with van der Waals surface area (Å²) in [6.45, 7) is 0. The first kappa shape index (κ1) is 10.6. The summed E-state index contributed by atoms with van der Waals surface area (Å²) in [4.78, 5) is 11.2. The van der Waals surface area contributed by atoms with Gasteiger partial charge in [0.1, 0.15) is 0 Å². The molecule has 1 aromatic rings. The number of carbonyl (C=O) groups is 1. The lowest BCUT2D eigenvalue weighted by atomic mass is 9.80. The highest BCUT2D eigenvalue weighted by Gasteiger charge is 2.36. The van der Waals surface area contributed by atoms with Crippen LogP contribution in [0.25, 0.3) is 0 Å². The molecule has 0 aliphatic heterocycles. The van der Waals surface area contributed by atoms with E-state index in [9.17, 15) is 4.79 Å². The first-order valence-corrected chi connectivity index (χ1v) is 5.91. The minimum absolute atomic E-state index is 0.0385. The molecule has 0 radical (unpaired) electrons. The first-order valence-electron chi connectivity index (χ1n) is 4.79. The zero-order valence-electron chi connectivity index (χ0n) is 8.39. The summed E-state index contributed by atoms with van der Waals surface area (Å²) >= 11 is 3.32. The van der Waals surface area contributed by atoms with Crippen LogP contribution in [0.4, 0.5) is 0 Å². The van der Waals surface area contributed by atoms with Crippen molar-refractivity contribution in [3.63, 3.8) is 0 Å². The van der Waals surface area contributed by atoms with Crippen LogP contribution in [0, 0.1) is 5.92 Å². The molecule has 1 aliphatic rings. The summed E-state index contributed by atoms with van der Waals surface area (Å²) in [6.07, 6.45) is 3.52. The van der Waals surface area contributed by atoms with E-state index in [4.69, 9.17) is 0 Å². The molecule has 0 saturated heterocycles. The smallest absolute Gasteiger partial charge is 0.308 e. The Morgan fingerprint density at radius 1 is 1.73 bits per heavy atom. The summed E-state index contributed by atoms with van der Waals surface area (Å²) in [5.74, 6) is -0.0799. The number of ether oxygens (including phenoxy) is 1. The van der Waals surface area contributed by atoms with Crippen molar-refractivity contribution in [3.05, 3.63) is 11.9 Å². The van der Waals surface area contributed by atoms with Gasteiger partial charge in [0, 0.05) is 11.5 Å². The predicted octanol–water partition coefficient (Wildman–Crippen LogP) is 1.30. The van der Waals surface area contributed by atoms with Crippen LogP contribution in [0.5, 0.6) is 0 Å². The van der Waals surface area contributed by atoms with Gasteiger partial charge in [0.2, 0.25) is 0 Å². The Balaban J connectivity index is 1.91. The van der Waals surface area contributed by atoms with Gasteiger partial charge in [0.15, 0.2) is 0 Å². The van der Waals surface area contributed by atoms with Crippen molar-refractivity contribution < 1.29 is 9.53 Å². The van der Waals surface area contributed by atoms with E-state index in [0.29, 0.717) is 11.4 Å². The maximum atomic E-state index is 11.2. The summed E-state index contributed by atoms with van der Waals surface area (Å²) in [6, 6.07) is 0.300. The number of alkyl halides is 1. The van der Waals surface area contributed by atoms with Crippen molar-refractivity contribution in [1.29, 1.82) is 0 Å². The van der Waals surface area contributed by atoms with Crippen LogP contribution < -0.4 is 0 Å². The number of halogens is 1. The normalized spacial score (nSPS) is 24.7. The standard InChI is InChI=1S/C9H12BrN3O2/c1-15-9(14)6-2-8(3-6)13-5-7(4-10)11-12-13/h5-6,8H,2-4H2,1H3. The molecule has 2 rings (SSSR count). The Bertz CT molecular complexity index is 360. The predicted molar refractivity (Wildman–Crippen MR) is 56.4 cm³/mol. The third kappa shape index (κ3) is 2.04. The fraction of sp³-hybridized carbons (Fsp3) is 0.667. The Kier molecular flexibility index (Phi) is 3.04. The van der Waals surface area contributed by atoms with E-state index in [0.717, 1.165) is 18.5 Å². The molecule has 0 N–H and O–H groups in total. The molecule has 0 bridgehead atoms. The Morgan fingerprint density at radius 3 is 3.00 bits per heavy atom. The van der Waals surface area contributed by atoms with E-state index in [1.54, 1.807) is 0 Å². The fourth-order valence-corrected chi connectivity index (χ4v) is 1.97. The van der Waals surface area contributed by atoms with Crippen molar-refractivity contribution in [2.75, 3.05) is 7.11 Å². The summed E-state index contributed by atoms with van der Waals surface area (Å²) in [5.41, 5.74) is 0.913. The van der Waals surface area contributed by atoms with Gasteiger partial charge in [-0.15, -0.1) is 5.10 Å². The molecule has 1 saturated carbocycles. The molecule has 0 aromatic carbocycles. The van der Waals surface area contributed by atoms with Gasteiger partial charge in [-0.25, -0.2) is 4.68 Å². The van der Waals surface area contributed by atoms with Crippen LogP contribution in [0.1, 0.15) is 24.6 Å². The third-order valence-electron chi connectivity index (χ3n) is 2.72. The SMILES string of the molecule is COC(=O)C1CC(n2cc(CBr)nn2)C1. The fourth-order valence-electron chi connectivity index (χ4n) is 1.72. The second-order valence-electron chi connectivity index (χ2n) is 3.67. The molecule has 0 spiro atoms. The number of carbonyl (C=O) groups excluding carboxylic acids is 1. The maximum absolute atomic E-state index is 11.2.